The number of amides is 2. The molecule has 6 nitrogen and oxygen atoms in total. The molecule has 0 saturated carbocycles. The van der Waals surface area contributed by atoms with Gasteiger partial charge < -0.3 is 19.7 Å². The molecule has 0 radical (unpaired) electrons. The average Bonchev–Trinajstić information content (AvgIpc) is 2.65. The van der Waals surface area contributed by atoms with Crippen molar-refractivity contribution in [1.29, 1.82) is 0 Å². The first-order valence-corrected chi connectivity index (χ1v) is 8.99. The molecule has 1 aromatic rings. The third kappa shape index (κ3) is 4.24. The standard InChI is InChI=1S/C19H26N2O4/c1-13(2)18(22)20-10-14-6-5-9-21(11-14)19(23)17-12-24-15-7-3-4-8-16(15)25-17/h3-4,7-8,13-14,17H,5-6,9-12H2,1-2H3,(H,20,22). The predicted octanol–water partition coefficient (Wildman–Crippen LogP) is 1.84. The Morgan fingerprint density at radius 1 is 1.28 bits per heavy atom. The summed E-state index contributed by atoms with van der Waals surface area (Å²) in [5.41, 5.74) is 0. The highest BCUT2D eigenvalue weighted by molar-refractivity contribution is 5.82. The molecule has 3 rings (SSSR count). The van der Waals surface area contributed by atoms with Crippen molar-refractivity contribution in [3.05, 3.63) is 24.3 Å². The van der Waals surface area contributed by atoms with Crippen LogP contribution in [0, 0.1) is 11.8 Å². The number of rotatable bonds is 4. The maximum Gasteiger partial charge on any atom is 0.267 e. The second kappa shape index (κ2) is 7.76. The smallest absolute Gasteiger partial charge is 0.267 e. The molecular formula is C19H26N2O4. The Morgan fingerprint density at radius 3 is 2.80 bits per heavy atom. The van der Waals surface area contributed by atoms with Crippen molar-refractivity contribution >= 4 is 11.8 Å². The molecule has 25 heavy (non-hydrogen) atoms. The molecule has 1 fully saturated rings. The summed E-state index contributed by atoms with van der Waals surface area (Å²) in [6.45, 7) is 6.00. The first kappa shape index (κ1) is 17.6. The van der Waals surface area contributed by atoms with Crippen molar-refractivity contribution in [1.82, 2.24) is 10.2 Å². The lowest BCUT2D eigenvalue weighted by Gasteiger charge is -2.36. The van der Waals surface area contributed by atoms with Crippen LogP contribution in [0.15, 0.2) is 24.3 Å². The number of ether oxygens (including phenoxy) is 2. The molecule has 2 heterocycles. The van der Waals surface area contributed by atoms with E-state index in [1.165, 1.54) is 0 Å². The fourth-order valence-corrected chi connectivity index (χ4v) is 3.23. The molecule has 2 unspecified atom stereocenters. The van der Waals surface area contributed by atoms with Gasteiger partial charge in [-0.1, -0.05) is 26.0 Å². The van der Waals surface area contributed by atoms with Gasteiger partial charge in [0.2, 0.25) is 12.0 Å². The zero-order chi connectivity index (χ0) is 17.8. The highest BCUT2D eigenvalue weighted by atomic mass is 16.6. The summed E-state index contributed by atoms with van der Waals surface area (Å²) in [5.74, 6) is 1.59. The first-order chi connectivity index (χ1) is 12.0. The molecule has 2 aliphatic rings. The maximum atomic E-state index is 12.8. The molecule has 0 aliphatic carbocycles. The number of para-hydroxylation sites is 2. The van der Waals surface area contributed by atoms with Crippen molar-refractivity contribution in [3.63, 3.8) is 0 Å². The third-order valence-electron chi connectivity index (χ3n) is 4.70. The third-order valence-corrected chi connectivity index (χ3v) is 4.70. The SMILES string of the molecule is CC(C)C(=O)NCC1CCCN(C(=O)C2COc3ccccc3O2)C1. The Balaban J connectivity index is 1.55. The molecule has 0 spiro atoms. The largest absolute Gasteiger partial charge is 0.485 e. The minimum Gasteiger partial charge on any atom is -0.485 e. The van der Waals surface area contributed by atoms with Gasteiger partial charge in [-0.15, -0.1) is 0 Å². The Bertz CT molecular complexity index is 632. The fourth-order valence-electron chi connectivity index (χ4n) is 3.23. The van der Waals surface area contributed by atoms with E-state index in [2.05, 4.69) is 5.32 Å². The summed E-state index contributed by atoms with van der Waals surface area (Å²) in [6.07, 6.45) is 1.37. The van der Waals surface area contributed by atoms with Gasteiger partial charge in [-0.05, 0) is 30.9 Å². The second-order valence-corrected chi connectivity index (χ2v) is 7.06. The second-order valence-electron chi connectivity index (χ2n) is 7.06. The summed E-state index contributed by atoms with van der Waals surface area (Å²) in [7, 11) is 0. The van der Waals surface area contributed by atoms with Crippen LogP contribution in [0.4, 0.5) is 0 Å². The van der Waals surface area contributed by atoms with E-state index in [4.69, 9.17) is 9.47 Å². The van der Waals surface area contributed by atoms with Crippen molar-refractivity contribution in [3.8, 4) is 11.5 Å². The monoisotopic (exact) mass is 346 g/mol. The lowest BCUT2D eigenvalue weighted by atomic mass is 9.97. The number of likely N-dealkylation sites (tertiary alicyclic amines) is 1. The van der Waals surface area contributed by atoms with Gasteiger partial charge >= 0.3 is 0 Å². The number of carbonyl (C=O) groups is 2. The number of hydrogen-bond donors (Lipinski definition) is 1. The van der Waals surface area contributed by atoms with E-state index in [0.29, 0.717) is 24.6 Å². The van der Waals surface area contributed by atoms with Gasteiger partial charge in [-0.3, -0.25) is 9.59 Å². The lowest BCUT2D eigenvalue weighted by Crippen LogP contribution is -2.51. The number of hydrogen-bond acceptors (Lipinski definition) is 4. The van der Waals surface area contributed by atoms with Crippen LogP contribution in [0.5, 0.6) is 11.5 Å². The molecule has 1 N–H and O–H groups in total. The van der Waals surface area contributed by atoms with Crippen molar-refractivity contribution in [2.24, 2.45) is 11.8 Å². The van der Waals surface area contributed by atoms with E-state index in [1.54, 1.807) is 0 Å². The van der Waals surface area contributed by atoms with E-state index in [9.17, 15) is 9.59 Å². The molecule has 0 bridgehead atoms. The summed E-state index contributed by atoms with van der Waals surface area (Å²) < 4.78 is 11.5. The van der Waals surface area contributed by atoms with E-state index in [-0.39, 0.29) is 30.3 Å². The van der Waals surface area contributed by atoms with Crippen LogP contribution in [-0.4, -0.2) is 49.1 Å². The topological polar surface area (TPSA) is 67.9 Å². The number of carbonyl (C=O) groups excluding carboxylic acids is 2. The van der Waals surface area contributed by atoms with Gasteiger partial charge in [-0.2, -0.15) is 0 Å². The molecule has 6 heteroatoms. The minimum absolute atomic E-state index is 0.0193. The Kier molecular flexibility index (Phi) is 5.46. The molecule has 2 amide bonds. The minimum atomic E-state index is -0.598. The highest BCUT2D eigenvalue weighted by Crippen LogP contribution is 2.31. The normalized spacial score (nSPS) is 22.6. The van der Waals surface area contributed by atoms with Crippen molar-refractivity contribution < 1.29 is 19.1 Å². The van der Waals surface area contributed by atoms with Gasteiger partial charge in [0.25, 0.3) is 5.91 Å². The van der Waals surface area contributed by atoms with E-state index < -0.39 is 6.10 Å². The Labute approximate surface area is 148 Å². The van der Waals surface area contributed by atoms with Crippen LogP contribution in [0.25, 0.3) is 0 Å². The number of fused-ring (bicyclic) bond motifs is 1. The van der Waals surface area contributed by atoms with Gasteiger partial charge in [-0.25, -0.2) is 0 Å². The quantitative estimate of drug-likeness (QED) is 0.903. The molecule has 2 aliphatic heterocycles. The average molecular weight is 346 g/mol. The van der Waals surface area contributed by atoms with Gasteiger partial charge in [0.1, 0.15) is 6.61 Å². The molecule has 1 saturated heterocycles. The highest BCUT2D eigenvalue weighted by Gasteiger charge is 2.33. The van der Waals surface area contributed by atoms with Crippen LogP contribution in [0.1, 0.15) is 26.7 Å². The molecule has 1 aromatic carbocycles. The van der Waals surface area contributed by atoms with E-state index in [1.807, 2.05) is 43.0 Å². The molecule has 136 valence electrons. The number of piperidine rings is 1. The zero-order valence-corrected chi connectivity index (χ0v) is 14.9. The molecule has 2 atom stereocenters. The van der Waals surface area contributed by atoms with Gasteiger partial charge in [0.15, 0.2) is 11.5 Å². The number of nitrogens with one attached hydrogen (secondary N) is 1. The lowest BCUT2D eigenvalue weighted by molar-refractivity contribution is -0.143. The number of nitrogens with zero attached hydrogens (tertiary/aromatic N) is 1. The summed E-state index contributed by atoms with van der Waals surface area (Å²) in [5, 5.41) is 2.97. The summed E-state index contributed by atoms with van der Waals surface area (Å²) >= 11 is 0. The summed E-state index contributed by atoms with van der Waals surface area (Å²) in [6, 6.07) is 7.40. The Hall–Kier alpha value is -2.24. The molecular weight excluding hydrogens is 320 g/mol. The molecule has 0 aromatic heterocycles. The predicted molar refractivity (Wildman–Crippen MR) is 93.5 cm³/mol. The number of benzene rings is 1. The van der Waals surface area contributed by atoms with Gasteiger partial charge in [0, 0.05) is 25.6 Å². The van der Waals surface area contributed by atoms with Crippen LogP contribution in [0.3, 0.4) is 0 Å². The van der Waals surface area contributed by atoms with Crippen LogP contribution in [0.2, 0.25) is 0 Å². The van der Waals surface area contributed by atoms with E-state index >= 15 is 0 Å². The van der Waals surface area contributed by atoms with Crippen LogP contribution < -0.4 is 14.8 Å². The van der Waals surface area contributed by atoms with Crippen LogP contribution >= 0.6 is 0 Å². The fraction of sp³-hybridized carbons (Fsp3) is 0.579. The van der Waals surface area contributed by atoms with Crippen LogP contribution in [-0.2, 0) is 9.59 Å². The van der Waals surface area contributed by atoms with Crippen molar-refractivity contribution in [2.75, 3.05) is 26.2 Å². The summed E-state index contributed by atoms with van der Waals surface area (Å²) in [4.78, 5) is 26.4. The first-order valence-electron chi connectivity index (χ1n) is 8.99. The van der Waals surface area contributed by atoms with E-state index in [0.717, 1.165) is 19.4 Å². The zero-order valence-electron chi connectivity index (χ0n) is 14.9. The maximum absolute atomic E-state index is 12.8. The van der Waals surface area contributed by atoms with Crippen molar-refractivity contribution in [2.45, 2.75) is 32.8 Å². The Morgan fingerprint density at radius 2 is 2.04 bits per heavy atom. The van der Waals surface area contributed by atoms with Gasteiger partial charge in [0.05, 0.1) is 0 Å².